The van der Waals surface area contributed by atoms with Crippen LogP contribution in [-0.2, 0) is 4.79 Å². The first-order valence-corrected chi connectivity index (χ1v) is 7.08. The fourth-order valence-corrected chi connectivity index (χ4v) is 2.74. The van der Waals surface area contributed by atoms with Crippen LogP contribution in [0.25, 0.3) is 0 Å². The van der Waals surface area contributed by atoms with Gasteiger partial charge < -0.3 is 5.32 Å². The van der Waals surface area contributed by atoms with Crippen LogP contribution >= 0.6 is 0 Å². The van der Waals surface area contributed by atoms with Crippen molar-refractivity contribution >= 4 is 5.91 Å². The molecule has 0 saturated heterocycles. The summed E-state index contributed by atoms with van der Waals surface area (Å²) < 4.78 is 0. The molecular weight excluding hydrogens is 210 g/mol. The summed E-state index contributed by atoms with van der Waals surface area (Å²) in [5.41, 5.74) is 0.443. The SMILES string of the molecule is CC(C)C(=O)NC1CCC(CC(C)(C)C)CC1. The summed E-state index contributed by atoms with van der Waals surface area (Å²) in [5.74, 6) is 1.19. The molecule has 0 aromatic rings. The third-order valence-corrected chi connectivity index (χ3v) is 3.62. The van der Waals surface area contributed by atoms with Crippen molar-refractivity contribution in [3.8, 4) is 0 Å². The maximum absolute atomic E-state index is 11.6. The van der Waals surface area contributed by atoms with E-state index in [1.165, 1.54) is 32.1 Å². The van der Waals surface area contributed by atoms with Gasteiger partial charge in [0.2, 0.25) is 5.91 Å². The lowest BCUT2D eigenvalue weighted by molar-refractivity contribution is -0.125. The van der Waals surface area contributed by atoms with Gasteiger partial charge in [-0.15, -0.1) is 0 Å². The predicted molar refractivity (Wildman–Crippen MR) is 72.8 cm³/mol. The molecule has 1 aliphatic rings. The summed E-state index contributed by atoms with van der Waals surface area (Å²) in [7, 11) is 0. The minimum Gasteiger partial charge on any atom is -0.353 e. The highest BCUT2D eigenvalue weighted by atomic mass is 16.1. The van der Waals surface area contributed by atoms with Crippen molar-refractivity contribution in [3.63, 3.8) is 0 Å². The quantitative estimate of drug-likeness (QED) is 0.798. The molecular formula is C15H29NO. The van der Waals surface area contributed by atoms with Crippen molar-refractivity contribution in [1.82, 2.24) is 5.32 Å². The molecule has 1 saturated carbocycles. The molecule has 0 spiro atoms. The van der Waals surface area contributed by atoms with E-state index in [1.807, 2.05) is 13.8 Å². The van der Waals surface area contributed by atoms with E-state index < -0.39 is 0 Å². The van der Waals surface area contributed by atoms with Crippen LogP contribution in [-0.4, -0.2) is 11.9 Å². The largest absolute Gasteiger partial charge is 0.353 e. The fourth-order valence-electron chi connectivity index (χ4n) is 2.74. The highest BCUT2D eigenvalue weighted by molar-refractivity contribution is 5.78. The van der Waals surface area contributed by atoms with Crippen LogP contribution in [0.3, 0.4) is 0 Å². The summed E-state index contributed by atoms with van der Waals surface area (Å²) in [6.07, 6.45) is 6.21. The molecule has 1 rings (SSSR count). The molecule has 0 unspecified atom stereocenters. The first-order valence-electron chi connectivity index (χ1n) is 7.08. The van der Waals surface area contributed by atoms with Crippen LogP contribution in [0.15, 0.2) is 0 Å². The third-order valence-electron chi connectivity index (χ3n) is 3.62. The summed E-state index contributed by atoms with van der Waals surface area (Å²) in [6, 6.07) is 0.432. The second-order valence-corrected chi connectivity index (χ2v) is 7.15. The summed E-state index contributed by atoms with van der Waals surface area (Å²) in [5, 5.41) is 3.16. The normalized spacial score (nSPS) is 26.0. The van der Waals surface area contributed by atoms with Crippen molar-refractivity contribution in [2.75, 3.05) is 0 Å². The molecule has 2 heteroatoms. The van der Waals surface area contributed by atoms with Gasteiger partial charge in [-0.1, -0.05) is 34.6 Å². The number of amides is 1. The molecule has 0 radical (unpaired) electrons. The minimum atomic E-state index is 0.113. The van der Waals surface area contributed by atoms with Crippen molar-refractivity contribution in [3.05, 3.63) is 0 Å². The van der Waals surface area contributed by atoms with Gasteiger partial charge in [-0.3, -0.25) is 4.79 Å². The van der Waals surface area contributed by atoms with Gasteiger partial charge in [0.25, 0.3) is 0 Å². The Hall–Kier alpha value is -0.530. The Balaban J connectivity index is 2.29. The van der Waals surface area contributed by atoms with Crippen LogP contribution < -0.4 is 5.32 Å². The van der Waals surface area contributed by atoms with Gasteiger partial charge in [0.1, 0.15) is 0 Å². The van der Waals surface area contributed by atoms with Crippen molar-refractivity contribution < 1.29 is 4.79 Å². The van der Waals surface area contributed by atoms with Crippen LogP contribution in [0, 0.1) is 17.3 Å². The third kappa shape index (κ3) is 5.56. The highest BCUT2D eigenvalue weighted by Crippen LogP contribution is 2.34. The Kier molecular flexibility index (Phi) is 5.03. The number of carbonyl (C=O) groups excluding carboxylic acids is 1. The Morgan fingerprint density at radius 2 is 1.71 bits per heavy atom. The van der Waals surface area contributed by atoms with E-state index in [2.05, 4.69) is 26.1 Å². The Labute approximate surface area is 107 Å². The smallest absolute Gasteiger partial charge is 0.222 e. The average molecular weight is 239 g/mol. The molecule has 0 bridgehead atoms. The van der Waals surface area contributed by atoms with Crippen molar-refractivity contribution in [1.29, 1.82) is 0 Å². The van der Waals surface area contributed by atoms with Gasteiger partial charge in [-0.25, -0.2) is 0 Å². The standard InChI is InChI=1S/C15H29NO/c1-11(2)14(17)16-13-8-6-12(7-9-13)10-15(3,4)5/h11-13H,6-10H2,1-5H3,(H,16,17). The van der Waals surface area contributed by atoms with Crippen LogP contribution in [0.1, 0.15) is 66.7 Å². The van der Waals surface area contributed by atoms with Gasteiger partial charge >= 0.3 is 0 Å². The molecule has 0 aromatic heterocycles. The van der Waals surface area contributed by atoms with Gasteiger partial charge in [0, 0.05) is 12.0 Å². The summed E-state index contributed by atoms with van der Waals surface area (Å²) in [6.45, 7) is 10.9. The Morgan fingerprint density at radius 1 is 1.18 bits per heavy atom. The van der Waals surface area contributed by atoms with Crippen molar-refractivity contribution in [2.24, 2.45) is 17.3 Å². The maximum Gasteiger partial charge on any atom is 0.222 e. The number of hydrogen-bond donors (Lipinski definition) is 1. The van der Waals surface area contributed by atoms with E-state index in [0.29, 0.717) is 11.5 Å². The zero-order chi connectivity index (χ0) is 13.1. The molecule has 0 aliphatic heterocycles. The molecule has 1 N–H and O–H groups in total. The van der Waals surface area contributed by atoms with Gasteiger partial charge in [-0.05, 0) is 43.4 Å². The molecule has 0 aromatic carbocycles. The van der Waals surface area contributed by atoms with Gasteiger partial charge in [0.05, 0.1) is 0 Å². The van der Waals surface area contributed by atoms with Gasteiger partial charge in [0.15, 0.2) is 0 Å². The first kappa shape index (κ1) is 14.5. The Bertz CT molecular complexity index is 244. The second kappa shape index (κ2) is 5.88. The lowest BCUT2D eigenvalue weighted by atomic mass is 9.76. The lowest BCUT2D eigenvalue weighted by Gasteiger charge is -2.33. The molecule has 17 heavy (non-hydrogen) atoms. The van der Waals surface area contributed by atoms with E-state index >= 15 is 0 Å². The zero-order valence-electron chi connectivity index (χ0n) is 12.2. The first-order chi connectivity index (χ1) is 7.78. The highest BCUT2D eigenvalue weighted by Gasteiger charge is 2.26. The minimum absolute atomic E-state index is 0.113. The lowest BCUT2D eigenvalue weighted by Crippen LogP contribution is -2.40. The number of carbonyl (C=O) groups is 1. The number of rotatable bonds is 3. The van der Waals surface area contributed by atoms with Crippen LogP contribution in [0.4, 0.5) is 0 Å². The van der Waals surface area contributed by atoms with Crippen LogP contribution in [0.5, 0.6) is 0 Å². The van der Waals surface area contributed by atoms with Crippen LogP contribution in [0.2, 0.25) is 0 Å². The van der Waals surface area contributed by atoms with Gasteiger partial charge in [-0.2, -0.15) is 0 Å². The van der Waals surface area contributed by atoms with E-state index in [9.17, 15) is 4.79 Å². The number of hydrogen-bond acceptors (Lipinski definition) is 1. The molecule has 0 atom stereocenters. The van der Waals surface area contributed by atoms with E-state index in [1.54, 1.807) is 0 Å². The molecule has 100 valence electrons. The van der Waals surface area contributed by atoms with E-state index in [0.717, 1.165) is 5.92 Å². The molecule has 0 heterocycles. The molecule has 2 nitrogen and oxygen atoms in total. The summed E-state index contributed by atoms with van der Waals surface area (Å²) >= 11 is 0. The zero-order valence-corrected chi connectivity index (χ0v) is 12.2. The second-order valence-electron chi connectivity index (χ2n) is 7.15. The van der Waals surface area contributed by atoms with E-state index in [4.69, 9.17) is 0 Å². The molecule has 1 aliphatic carbocycles. The maximum atomic E-state index is 11.6. The fraction of sp³-hybridized carbons (Fsp3) is 0.933. The molecule has 1 fully saturated rings. The van der Waals surface area contributed by atoms with E-state index in [-0.39, 0.29) is 11.8 Å². The topological polar surface area (TPSA) is 29.1 Å². The predicted octanol–water partition coefficient (Wildman–Crippen LogP) is 3.75. The average Bonchev–Trinajstić information content (AvgIpc) is 2.18. The summed E-state index contributed by atoms with van der Waals surface area (Å²) in [4.78, 5) is 11.6. The number of nitrogens with one attached hydrogen (secondary N) is 1. The molecule has 1 amide bonds. The monoisotopic (exact) mass is 239 g/mol. The van der Waals surface area contributed by atoms with Crippen molar-refractivity contribution in [2.45, 2.75) is 72.8 Å². The Morgan fingerprint density at radius 3 is 2.12 bits per heavy atom.